The van der Waals surface area contributed by atoms with Gasteiger partial charge in [0.1, 0.15) is 10.7 Å². The monoisotopic (exact) mass is 370 g/mol. The van der Waals surface area contributed by atoms with Crippen LogP contribution in [0.2, 0.25) is 0 Å². The van der Waals surface area contributed by atoms with Crippen LogP contribution >= 0.6 is 12.2 Å². The average molecular weight is 370 g/mol. The second-order valence-corrected chi connectivity index (χ2v) is 6.26. The SMILES string of the molecule is COc1cccc(NC(=S)C=C2NCCc3cc(OC)c(OC)cc32)c1. The van der Waals surface area contributed by atoms with Crippen LogP contribution in [-0.4, -0.2) is 32.9 Å². The first kappa shape index (κ1) is 18.1. The highest BCUT2D eigenvalue weighted by molar-refractivity contribution is 7.81. The zero-order chi connectivity index (χ0) is 18.5. The molecule has 6 heteroatoms. The molecular weight excluding hydrogens is 348 g/mol. The van der Waals surface area contributed by atoms with E-state index in [4.69, 9.17) is 26.4 Å². The zero-order valence-corrected chi connectivity index (χ0v) is 15.9. The van der Waals surface area contributed by atoms with E-state index < -0.39 is 0 Å². The first-order valence-electron chi connectivity index (χ1n) is 8.30. The van der Waals surface area contributed by atoms with Gasteiger partial charge in [-0.15, -0.1) is 0 Å². The van der Waals surface area contributed by atoms with Gasteiger partial charge in [0.25, 0.3) is 0 Å². The second-order valence-electron chi connectivity index (χ2n) is 5.82. The maximum Gasteiger partial charge on any atom is 0.161 e. The number of methoxy groups -OCH3 is 3. The maximum atomic E-state index is 5.51. The van der Waals surface area contributed by atoms with E-state index in [1.54, 1.807) is 21.3 Å². The standard InChI is InChI=1S/C20H22N2O3S/c1-23-15-6-4-5-14(10-15)22-20(26)12-17-16-11-19(25-3)18(24-2)9-13(16)7-8-21-17/h4-6,9-12,21H,7-8H2,1-3H3,(H,22,26). The van der Waals surface area contributed by atoms with Crippen molar-refractivity contribution in [3.63, 3.8) is 0 Å². The Kier molecular flexibility index (Phi) is 5.63. The van der Waals surface area contributed by atoms with Gasteiger partial charge < -0.3 is 24.8 Å². The van der Waals surface area contributed by atoms with Gasteiger partial charge in [0.05, 0.1) is 21.3 Å². The summed E-state index contributed by atoms with van der Waals surface area (Å²) in [7, 11) is 4.93. The van der Waals surface area contributed by atoms with Gasteiger partial charge in [-0.2, -0.15) is 0 Å². The minimum Gasteiger partial charge on any atom is -0.497 e. The van der Waals surface area contributed by atoms with Crippen LogP contribution in [0.25, 0.3) is 5.70 Å². The lowest BCUT2D eigenvalue weighted by atomic mass is 9.97. The van der Waals surface area contributed by atoms with Crippen LogP contribution < -0.4 is 24.8 Å². The molecule has 1 aliphatic rings. The summed E-state index contributed by atoms with van der Waals surface area (Å²) in [5.41, 5.74) is 4.13. The van der Waals surface area contributed by atoms with Gasteiger partial charge in [-0.3, -0.25) is 0 Å². The molecule has 2 aromatic carbocycles. The number of benzene rings is 2. The normalized spacial score (nSPS) is 14.2. The van der Waals surface area contributed by atoms with Gasteiger partial charge >= 0.3 is 0 Å². The molecule has 3 rings (SSSR count). The Balaban J connectivity index is 1.86. The zero-order valence-electron chi connectivity index (χ0n) is 15.1. The van der Waals surface area contributed by atoms with E-state index in [9.17, 15) is 0 Å². The molecule has 0 atom stereocenters. The lowest BCUT2D eigenvalue weighted by Crippen LogP contribution is -2.24. The van der Waals surface area contributed by atoms with Crippen LogP contribution in [0.4, 0.5) is 5.69 Å². The Morgan fingerprint density at radius 1 is 1.08 bits per heavy atom. The van der Waals surface area contributed by atoms with Gasteiger partial charge in [-0.25, -0.2) is 0 Å². The molecule has 0 unspecified atom stereocenters. The fraction of sp³-hybridized carbons (Fsp3) is 0.250. The van der Waals surface area contributed by atoms with Crippen molar-refractivity contribution in [1.29, 1.82) is 0 Å². The molecule has 0 aromatic heterocycles. The molecule has 2 aromatic rings. The lowest BCUT2D eigenvalue weighted by molar-refractivity contribution is 0.354. The van der Waals surface area contributed by atoms with Crippen LogP contribution in [0.5, 0.6) is 17.2 Å². The number of ether oxygens (including phenoxy) is 3. The van der Waals surface area contributed by atoms with E-state index in [1.807, 2.05) is 42.5 Å². The maximum absolute atomic E-state index is 5.51. The molecule has 0 radical (unpaired) electrons. The topological polar surface area (TPSA) is 51.8 Å². The van der Waals surface area contributed by atoms with Crippen LogP contribution in [0, 0.1) is 0 Å². The van der Waals surface area contributed by atoms with Gasteiger partial charge in [-0.05, 0) is 42.3 Å². The first-order chi connectivity index (χ1) is 12.6. The Hall–Kier alpha value is -2.73. The number of anilines is 1. The molecule has 1 aliphatic heterocycles. The molecular formula is C20H22N2O3S. The summed E-state index contributed by atoms with van der Waals surface area (Å²) < 4.78 is 16.1. The molecule has 0 aliphatic carbocycles. The summed E-state index contributed by atoms with van der Waals surface area (Å²) in [4.78, 5) is 0.614. The summed E-state index contributed by atoms with van der Waals surface area (Å²) in [6.45, 7) is 0.843. The minimum absolute atomic E-state index is 0.614. The molecule has 1 heterocycles. The first-order valence-corrected chi connectivity index (χ1v) is 8.71. The molecule has 0 spiro atoms. The van der Waals surface area contributed by atoms with E-state index in [2.05, 4.69) is 10.6 Å². The highest BCUT2D eigenvalue weighted by Crippen LogP contribution is 2.34. The third kappa shape index (κ3) is 3.91. The highest BCUT2D eigenvalue weighted by atomic mass is 32.1. The summed E-state index contributed by atoms with van der Waals surface area (Å²) in [6.07, 6.45) is 2.85. The third-order valence-electron chi connectivity index (χ3n) is 4.22. The van der Waals surface area contributed by atoms with Gasteiger partial charge in [0, 0.05) is 29.6 Å². The van der Waals surface area contributed by atoms with Crippen molar-refractivity contribution < 1.29 is 14.2 Å². The predicted molar refractivity (Wildman–Crippen MR) is 108 cm³/mol. The summed E-state index contributed by atoms with van der Waals surface area (Å²) in [6, 6.07) is 11.7. The summed E-state index contributed by atoms with van der Waals surface area (Å²) in [5.74, 6) is 2.22. The predicted octanol–water partition coefficient (Wildman–Crippen LogP) is 3.64. The van der Waals surface area contributed by atoms with Crippen molar-refractivity contribution in [3.05, 3.63) is 53.6 Å². The van der Waals surface area contributed by atoms with Crippen molar-refractivity contribution >= 4 is 28.6 Å². The molecule has 0 amide bonds. The number of rotatable bonds is 5. The van der Waals surface area contributed by atoms with Crippen LogP contribution in [-0.2, 0) is 6.42 Å². The van der Waals surface area contributed by atoms with Gasteiger partial charge in [-0.1, -0.05) is 18.3 Å². The van der Waals surface area contributed by atoms with E-state index in [0.29, 0.717) is 10.7 Å². The van der Waals surface area contributed by atoms with Crippen LogP contribution in [0.15, 0.2) is 42.5 Å². The van der Waals surface area contributed by atoms with Crippen molar-refractivity contribution in [2.45, 2.75) is 6.42 Å². The van der Waals surface area contributed by atoms with E-state index in [-0.39, 0.29) is 0 Å². The van der Waals surface area contributed by atoms with Crippen LogP contribution in [0.1, 0.15) is 11.1 Å². The van der Waals surface area contributed by atoms with Gasteiger partial charge in [0.15, 0.2) is 11.5 Å². The van der Waals surface area contributed by atoms with Crippen molar-refractivity contribution in [2.75, 3.05) is 33.2 Å². The van der Waals surface area contributed by atoms with Gasteiger partial charge in [0.2, 0.25) is 0 Å². The molecule has 2 N–H and O–H groups in total. The number of nitrogens with one attached hydrogen (secondary N) is 2. The number of hydrogen-bond donors (Lipinski definition) is 2. The Morgan fingerprint density at radius 3 is 2.58 bits per heavy atom. The molecule has 0 fully saturated rings. The van der Waals surface area contributed by atoms with Crippen molar-refractivity contribution in [3.8, 4) is 17.2 Å². The Bertz CT molecular complexity index is 849. The fourth-order valence-electron chi connectivity index (χ4n) is 2.94. The largest absolute Gasteiger partial charge is 0.497 e. The summed E-state index contributed by atoms with van der Waals surface area (Å²) in [5, 5.41) is 6.64. The molecule has 26 heavy (non-hydrogen) atoms. The Morgan fingerprint density at radius 2 is 1.85 bits per heavy atom. The minimum atomic E-state index is 0.614. The molecule has 0 saturated carbocycles. The fourth-order valence-corrected chi connectivity index (χ4v) is 3.18. The number of thiocarbonyl (C=S) groups is 1. The molecule has 0 bridgehead atoms. The number of hydrogen-bond acceptors (Lipinski definition) is 5. The highest BCUT2D eigenvalue weighted by Gasteiger charge is 2.18. The smallest absolute Gasteiger partial charge is 0.161 e. The molecule has 0 saturated heterocycles. The van der Waals surface area contributed by atoms with E-state index in [0.717, 1.165) is 41.4 Å². The van der Waals surface area contributed by atoms with Crippen LogP contribution in [0.3, 0.4) is 0 Å². The Labute approximate surface area is 159 Å². The van der Waals surface area contributed by atoms with Crippen molar-refractivity contribution in [1.82, 2.24) is 5.32 Å². The quantitative estimate of drug-likeness (QED) is 0.619. The second kappa shape index (κ2) is 8.10. The van der Waals surface area contributed by atoms with Crippen molar-refractivity contribution in [2.24, 2.45) is 0 Å². The van der Waals surface area contributed by atoms with E-state index in [1.165, 1.54) is 5.56 Å². The average Bonchev–Trinajstić information content (AvgIpc) is 2.67. The molecule has 5 nitrogen and oxygen atoms in total. The third-order valence-corrected chi connectivity index (χ3v) is 4.44. The summed E-state index contributed by atoms with van der Waals surface area (Å²) >= 11 is 5.51. The van der Waals surface area contributed by atoms with E-state index >= 15 is 0 Å². The lowest BCUT2D eigenvalue weighted by Gasteiger charge is -2.23. The number of fused-ring (bicyclic) bond motifs is 1. The molecule has 136 valence electrons.